The van der Waals surface area contributed by atoms with Crippen LogP contribution in [0.25, 0.3) is 0 Å². The first kappa shape index (κ1) is 9.45. The van der Waals surface area contributed by atoms with Crippen LogP contribution >= 0.6 is 0 Å². The van der Waals surface area contributed by atoms with Gasteiger partial charge in [0, 0.05) is 11.5 Å². The van der Waals surface area contributed by atoms with Crippen LogP contribution in [-0.2, 0) is 6.42 Å². The van der Waals surface area contributed by atoms with E-state index < -0.39 is 8.07 Å². The van der Waals surface area contributed by atoms with Gasteiger partial charge in [-0.3, -0.25) is 4.98 Å². The lowest BCUT2D eigenvalue weighted by molar-refractivity contribution is 1.11. The van der Waals surface area contributed by atoms with Crippen molar-refractivity contribution in [3.8, 4) is 0 Å². The summed E-state index contributed by atoms with van der Waals surface area (Å²) in [7, 11) is -1.18. The van der Waals surface area contributed by atoms with Gasteiger partial charge in [-0.2, -0.15) is 0 Å². The van der Waals surface area contributed by atoms with Gasteiger partial charge in [0.25, 0.3) is 0 Å². The Kier molecular flexibility index (Phi) is 2.68. The van der Waals surface area contributed by atoms with Crippen molar-refractivity contribution < 1.29 is 0 Å². The predicted molar refractivity (Wildman–Crippen MR) is 56.6 cm³/mol. The van der Waals surface area contributed by atoms with Crippen molar-refractivity contribution in [2.24, 2.45) is 0 Å². The van der Waals surface area contributed by atoms with E-state index in [9.17, 15) is 0 Å². The summed E-state index contributed by atoms with van der Waals surface area (Å²) in [5, 5.41) is 1.31. The second kappa shape index (κ2) is 3.40. The first-order chi connectivity index (χ1) is 5.54. The summed E-state index contributed by atoms with van der Waals surface area (Å²) < 4.78 is 0. The molecule has 0 aromatic carbocycles. The molecule has 0 N–H and O–H groups in total. The maximum atomic E-state index is 4.48. The molecule has 0 saturated carbocycles. The minimum absolute atomic E-state index is 1.08. The molecule has 1 rings (SSSR count). The van der Waals surface area contributed by atoms with Crippen molar-refractivity contribution in [1.29, 1.82) is 0 Å². The van der Waals surface area contributed by atoms with E-state index in [0.29, 0.717) is 0 Å². The zero-order chi connectivity index (χ0) is 9.19. The van der Waals surface area contributed by atoms with Gasteiger partial charge in [-0.25, -0.2) is 0 Å². The van der Waals surface area contributed by atoms with Crippen LogP contribution < -0.4 is 5.32 Å². The molecular weight excluding hydrogens is 162 g/mol. The molecule has 0 radical (unpaired) electrons. The Morgan fingerprint density at radius 1 is 1.25 bits per heavy atom. The molecule has 0 bridgehead atoms. The molecule has 0 saturated heterocycles. The minimum Gasteiger partial charge on any atom is -0.266 e. The first-order valence-corrected chi connectivity index (χ1v) is 7.99. The average molecular weight is 179 g/mol. The molecule has 0 aliphatic heterocycles. The molecule has 12 heavy (non-hydrogen) atoms. The largest absolute Gasteiger partial charge is 0.266 e. The van der Waals surface area contributed by atoms with Gasteiger partial charge in [0.15, 0.2) is 0 Å². The number of hydrogen-bond donors (Lipinski definition) is 0. The molecule has 1 aromatic heterocycles. The van der Waals surface area contributed by atoms with Crippen molar-refractivity contribution >= 4 is 13.4 Å². The molecular formula is C10H17NSi. The van der Waals surface area contributed by atoms with E-state index >= 15 is 0 Å². The third-order valence-corrected chi connectivity index (χ3v) is 3.83. The number of rotatable bonds is 2. The van der Waals surface area contributed by atoms with Crippen molar-refractivity contribution in [2.45, 2.75) is 33.0 Å². The van der Waals surface area contributed by atoms with Gasteiger partial charge in [0.05, 0.1) is 0 Å². The molecule has 0 atom stereocenters. The summed E-state index contributed by atoms with van der Waals surface area (Å²) in [4.78, 5) is 4.48. The number of pyridine rings is 1. The fraction of sp³-hybridized carbons (Fsp3) is 0.500. The molecule has 0 amide bonds. The summed E-state index contributed by atoms with van der Waals surface area (Å²) in [6.45, 7) is 9.12. The van der Waals surface area contributed by atoms with Crippen LogP contribution in [0.4, 0.5) is 0 Å². The van der Waals surface area contributed by atoms with Crippen molar-refractivity contribution in [3.63, 3.8) is 0 Å². The fourth-order valence-electron chi connectivity index (χ4n) is 1.08. The highest BCUT2D eigenvalue weighted by atomic mass is 28.3. The Morgan fingerprint density at radius 2 is 1.92 bits per heavy atom. The maximum absolute atomic E-state index is 4.48. The molecule has 1 aromatic rings. The van der Waals surface area contributed by atoms with E-state index in [1.807, 2.05) is 6.20 Å². The maximum Gasteiger partial charge on any atom is 0.101 e. The third kappa shape index (κ3) is 2.17. The van der Waals surface area contributed by atoms with E-state index in [-0.39, 0.29) is 0 Å². The molecule has 2 heteroatoms. The van der Waals surface area contributed by atoms with Crippen LogP contribution in [0.3, 0.4) is 0 Å². The fourth-order valence-corrected chi connectivity index (χ4v) is 2.11. The van der Waals surface area contributed by atoms with E-state index in [1.165, 1.54) is 10.9 Å². The molecule has 1 nitrogen and oxygen atoms in total. The monoisotopic (exact) mass is 179 g/mol. The predicted octanol–water partition coefficient (Wildman–Crippen LogP) is 2.19. The first-order valence-electron chi connectivity index (χ1n) is 4.49. The highest BCUT2D eigenvalue weighted by Crippen LogP contribution is 2.01. The topological polar surface area (TPSA) is 12.9 Å². The Bertz CT molecular complexity index is 246. The Morgan fingerprint density at radius 3 is 2.25 bits per heavy atom. The van der Waals surface area contributed by atoms with Gasteiger partial charge in [0.2, 0.25) is 0 Å². The lowest BCUT2D eigenvalue weighted by atomic mass is 10.2. The van der Waals surface area contributed by atoms with Crippen LogP contribution in [0.15, 0.2) is 18.3 Å². The Balaban J connectivity index is 2.93. The zero-order valence-electron chi connectivity index (χ0n) is 8.39. The quantitative estimate of drug-likeness (QED) is 0.634. The summed E-state index contributed by atoms with van der Waals surface area (Å²) in [6, 6.07) is 4.38. The number of aryl methyl sites for hydroxylation is 1. The standard InChI is InChI=1S/C10H17NSi/c1-5-9-6-7-10(11-8-9)12(2,3)4/h6-8H,5H2,1-4H3. The number of nitrogens with zero attached hydrogens (tertiary/aromatic N) is 1. The lowest BCUT2D eigenvalue weighted by Gasteiger charge is -2.14. The molecule has 0 aliphatic rings. The van der Waals surface area contributed by atoms with E-state index in [1.54, 1.807) is 0 Å². The van der Waals surface area contributed by atoms with Crippen LogP contribution in [0.2, 0.25) is 19.6 Å². The Labute approximate surface area is 75.9 Å². The van der Waals surface area contributed by atoms with Crippen LogP contribution in [-0.4, -0.2) is 13.1 Å². The van der Waals surface area contributed by atoms with E-state index in [2.05, 4.69) is 43.7 Å². The van der Waals surface area contributed by atoms with Gasteiger partial charge >= 0.3 is 0 Å². The van der Waals surface area contributed by atoms with Crippen LogP contribution in [0, 0.1) is 0 Å². The smallest absolute Gasteiger partial charge is 0.101 e. The molecule has 0 fully saturated rings. The normalized spacial score (nSPS) is 11.7. The molecule has 0 spiro atoms. The highest BCUT2D eigenvalue weighted by molar-refractivity contribution is 6.88. The molecule has 1 heterocycles. The van der Waals surface area contributed by atoms with Gasteiger partial charge in [-0.05, 0) is 18.1 Å². The number of aromatic nitrogens is 1. The molecule has 0 unspecified atom stereocenters. The van der Waals surface area contributed by atoms with Gasteiger partial charge in [0.1, 0.15) is 8.07 Å². The van der Waals surface area contributed by atoms with Gasteiger partial charge in [-0.15, -0.1) is 0 Å². The van der Waals surface area contributed by atoms with E-state index in [4.69, 9.17) is 0 Å². The lowest BCUT2D eigenvalue weighted by Crippen LogP contribution is -2.39. The van der Waals surface area contributed by atoms with E-state index in [0.717, 1.165) is 6.42 Å². The summed E-state index contributed by atoms with van der Waals surface area (Å²) in [5.74, 6) is 0. The number of hydrogen-bond acceptors (Lipinski definition) is 1. The molecule has 0 aliphatic carbocycles. The van der Waals surface area contributed by atoms with Gasteiger partial charge < -0.3 is 0 Å². The average Bonchev–Trinajstić information content (AvgIpc) is 2.03. The second-order valence-electron chi connectivity index (χ2n) is 4.16. The third-order valence-electron chi connectivity index (χ3n) is 2.00. The van der Waals surface area contributed by atoms with Crippen molar-refractivity contribution in [2.75, 3.05) is 0 Å². The summed E-state index contributed by atoms with van der Waals surface area (Å²) in [6.07, 6.45) is 3.09. The zero-order valence-corrected chi connectivity index (χ0v) is 9.39. The van der Waals surface area contributed by atoms with Crippen LogP contribution in [0.5, 0.6) is 0 Å². The summed E-state index contributed by atoms with van der Waals surface area (Å²) >= 11 is 0. The van der Waals surface area contributed by atoms with Crippen molar-refractivity contribution in [1.82, 2.24) is 4.98 Å². The van der Waals surface area contributed by atoms with Crippen LogP contribution in [0.1, 0.15) is 12.5 Å². The Hall–Kier alpha value is -0.633. The minimum atomic E-state index is -1.18. The molecule has 66 valence electrons. The van der Waals surface area contributed by atoms with Crippen molar-refractivity contribution in [3.05, 3.63) is 23.9 Å². The highest BCUT2D eigenvalue weighted by Gasteiger charge is 2.17. The van der Waals surface area contributed by atoms with Gasteiger partial charge in [-0.1, -0.05) is 32.6 Å². The SMILES string of the molecule is CCc1ccc([Si](C)(C)C)nc1. The summed E-state index contributed by atoms with van der Waals surface area (Å²) in [5.41, 5.74) is 1.33. The second-order valence-corrected chi connectivity index (χ2v) is 9.17.